The summed E-state index contributed by atoms with van der Waals surface area (Å²) in [6.07, 6.45) is 0.415. The Hall–Kier alpha value is -0.780. The van der Waals surface area contributed by atoms with Crippen LogP contribution < -0.4 is 5.32 Å². The quantitative estimate of drug-likeness (QED) is 0.873. The van der Waals surface area contributed by atoms with Gasteiger partial charge in [-0.1, -0.05) is 17.7 Å². The summed E-state index contributed by atoms with van der Waals surface area (Å²) in [5.74, 6) is 0.0736. The maximum atomic E-state index is 11.5. The van der Waals surface area contributed by atoms with Crippen LogP contribution >= 0.6 is 11.6 Å². The van der Waals surface area contributed by atoms with Crippen LogP contribution in [0.25, 0.3) is 0 Å². The third kappa shape index (κ3) is 2.91. The minimum absolute atomic E-state index is 0.0387. The summed E-state index contributed by atoms with van der Waals surface area (Å²) in [6, 6.07) is 7.03. The molecule has 1 saturated heterocycles. The molecule has 1 aliphatic rings. The Morgan fingerprint density at radius 1 is 1.47 bits per heavy atom. The Balaban J connectivity index is 2.22. The predicted octanol–water partition coefficient (Wildman–Crippen LogP) is 1.30. The van der Waals surface area contributed by atoms with Crippen LogP contribution in [0.2, 0.25) is 5.02 Å². The Morgan fingerprint density at radius 2 is 2.24 bits per heavy atom. The van der Waals surface area contributed by atoms with Gasteiger partial charge in [-0.15, -0.1) is 0 Å². The summed E-state index contributed by atoms with van der Waals surface area (Å²) >= 11 is 5.85. The molecule has 1 fully saturated rings. The van der Waals surface area contributed by atoms with Crippen molar-refractivity contribution in [1.82, 2.24) is 0 Å². The number of aliphatic hydroxyl groups is 1. The van der Waals surface area contributed by atoms with E-state index in [0.717, 1.165) is 5.69 Å². The van der Waals surface area contributed by atoms with Gasteiger partial charge in [0.15, 0.2) is 9.84 Å². The number of hydrogen-bond acceptors (Lipinski definition) is 4. The largest absolute Gasteiger partial charge is 0.394 e. The molecule has 0 aromatic heterocycles. The lowest BCUT2D eigenvalue weighted by molar-refractivity contribution is 0.226. The maximum absolute atomic E-state index is 11.5. The highest BCUT2D eigenvalue weighted by molar-refractivity contribution is 7.91. The summed E-state index contributed by atoms with van der Waals surface area (Å²) in [6.45, 7) is -0.210. The molecule has 4 nitrogen and oxygen atoms in total. The molecule has 0 radical (unpaired) electrons. The molecule has 1 aromatic rings. The van der Waals surface area contributed by atoms with E-state index < -0.39 is 15.4 Å². The SMILES string of the molecule is O=S1(=O)CCC(CO)(Nc2cccc(Cl)c2)C1. The fourth-order valence-corrected chi connectivity index (χ4v) is 4.24. The maximum Gasteiger partial charge on any atom is 0.152 e. The smallest absolute Gasteiger partial charge is 0.152 e. The number of hydrogen-bond donors (Lipinski definition) is 2. The van der Waals surface area contributed by atoms with Gasteiger partial charge in [-0.05, 0) is 24.6 Å². The molecule has 1 aromatic carbocycles. The molecule has 1 atom stereocenters. The highest BCUT2D eigenvalue weighted by Gasteiger charge is 2.41. The molecule has 0 spiro atoms. The molecule has 1 unspecified atom stereocenters. The molecule has 0 saturated carbocycles. The fourth-order valence-electron chi connectivity index (χ4n) is 2.05. The number of rotatable bonds is 3. The van der Waals surface area contributed by atoms with Crippen LogP contribution in [0.3, 0.4) is 0 Å². The minimum Gasteiger partial charge on any atom is -0.394 e. The monoisotopic (exact) mass is 275 g/mol. The molecule has 2 rings (SSSR count). The zero-order valence-electron chi connectivity index (χ0n) is 9.19. The molecule has 0 amide bonds. The second kappa shape index (κ2) is 4.48. The molecule has 1 heterocycles. The molecule has 6 heteroatoms. The average molecular weight is 276 g/mol. The fraction of sp³-hybridized carbons (Fsp3) is 0.455. The van der Waals surface area contributed by atoms with Crippen LogP contribution in [-0.2, 0) is 9.84 Å². The molecular weight excluding hydrogens is 262 g/mol. The number of nitrogens with one attached hydrogen (secondary N) is 1. The summed E-state index contributed by atoms with van der Waals surface area (Å²) < 4.78 is 23.0. The van der Waals surface area contributed by atoms with E-state index in [2.05, 4.69) is 5.32 Å². The number of anilines is 1. The second-order valence-electron chi connectivity index (χ2n) is 4.42. The lowest BCUT2D eigenvalue weighted by atomic mass is 10.00. The van der Waals surface area contributed by atoms with Crippen LogP contribution in [0.4, 0.5) is 5.69 Å². The van der Waals surface area contributed by atoms with Gasteiger partial charge < -0.3 is 10.4 Å². The first-order chi connectivity index (χ1) is 7.95. The Labute approximate surface area is 106 Å². The summed E-state index contributed by atoms with van der Waals surface area (Å²) in [7, 11) is -3.05. The average Bonchev–Trinajstić information content (AvgIpc) is 2.55. The van der Waals surface area contributed by atoms with E-state index in [1.54, 1.807) is 24.3 Å². The normalized spacial score (nSPS) is 26.9. The second-order valence-corrected chi connectivity index (χ2v) is 7.04. The van der Waals surface area contributed by atoms with Crippen LogP contribution in [0, 0.1) is 0 Å². The van der Waals surface area contributed by atoms with E-state index in [9.17, 15) is 13.5 Å². The van der Waals surface area contributed by atoms with E-state index in [4.69, 9.17) is 11.6 Å². The Bertz CT molecular complexity index is 517. The molecule has 0 aliphatic carbocycles. The first-order valence-electron chi connectivity index (χ1n) is 5.30. The zero-order chi connectivity index (χ0) is 12.5. The van der Waals surface area contributed by atoms with Crippen molar-refractivity contribution >= 4 is 27.1 Å². The van der Waals surface area contributed by atoms with Gasteiger partial charge in [0.25, 0.3) is 0 Å². The third-order valence-corrected chi connectivity index (χ3v) is 4.98. The highest BCUT2D eigenvalue weighted by atomic mass is 35.5. The molecule has 2 N–H and O–H groups in total. The van der Waals surface area contributed by atoms with Crippen molar-refractivity contribution in [3.63, 3.8) is 0 Å². The van der Waals surface area contributed by atoms with Gasteiger partial charge in [-0.2, -0.15) is 0 Å². The third-order valence-electron chi connectivity index (χ3n) is 2.92. The van der Waals surface area contributed by atoms with Gasteiger partial charge in [-0.25, -0.2) is 8.42 Å². The molecule has 94 valence electrons. The zero-order valence-corrected chi connectivity index (χ0v) is 10.8. The first-order valence-corrected chi connectivity index (χ1v) is 7.50. The lowest BCUT2D eigenvalue weighted by Crippen LogP contribution is -2.43. The topological polar surface area (TPSA) is 66.4 Å². The van der Waals surface area contributed by atoms with Gasteiger partial charge in [0.1, 0.15) is 0 Å². The van der Waals surface area contributed by atoms with Crippen molar-refractivity contribution in [2.45, 2.75) is 12.0 Å². The predicted molar refractivity (Wildman–Crippen MR) is 68.2 cm³/mol. The van der Waals surface area contributed by atoms with Gasteiger partial charge in [0.2, 0.25) is 0 Å². The summed E-state index contributed by atoms with van der Waals surface area (Å²) in [5.41, 5.74) is -0.0487. The standard InChI is InChI=1S/C11H14ClNO3S/c12-9-2-1-3-10(6-9)13-11(7-14)4-5-17(15,16)8-11/h1-3,6,13-14H,4-5,7-8H2. The molecule has 0 bridgehead atoms. The van der Waals surface area contributed by atoms with Crippen LogP contribution in [-0.4, -0.2) is 37.2 Å². The number of sulfone groups is 1. The van der Waals surface area contributed by atoms with Crippen molar-refractivity contribution in [3.05, 3.63) is 29.3 Å². The van der Waals surface area contributed by atoms with Gasteiger partial charge in [0, 0.05) is 10.7 Å². The van der Waals surface area contributed by atoms with E-state index in [0.29, 0.717) is 11.4 Å². The van der Waals surface area contributed by atoms with E-state index in [1.807, 2.05) is 0 Å². The van der Waals surface area contributed by atoms with Crippen molar-refractivity contribution in [3.8, 4) is 0 Å². The van der Waals surface area contributed by atoms with Crippen LogP contribution in [0.5, 0.6) is 0 Å². The molecule has 17 heavy (non-hydrogen) atoms. The van der Waals surface area contributed by atoms with Crippen molar-refractivity contribution in [2.75, 3.05) is 23.4 Å². The van der Waals surface area contributed by atoms with E-state index in [-0.39, 0.29) is 18.1 Å². The highest BCUT2D eigenvalue weighted by Crippen LogP contribution is 2.28. The number of benzene rings is 1. The molecule has 1 aliphatic heterocycles. The number of halogens is 1. The summed E-state index contributed by atoms with van der Waals surface area (Å²) in [5, 5.41) is 13.1. The lowest BCUT2D eigenvalue weighted by Gasteiger charge is -2.28. The van der Waals surface area contributed by atoms with Gasteiger partial charge >= 0.3 is 0 Å². The first kappa shape index (κ1) is 12.7. The molecular formula is C11H14ClNO3S. The van der Waals surface area contributed by atoms with Crippen molar-refractivity contribution in [2.24, 2.45) is 0 Å². The van der Waals surface area contributed by atoms with Crippen molar-refractivity contribution < 1.29 is 13.5 Å². The van der Waals surface area contributed by atoms with Gasteiger partial charge in [0.05, 0.1) is 23.7 Å². The van der Waals surface area contributed by atoms with Crippen LogP contribution in [0.1, 0.15) is 6.42 Å². The Morgan fingerprint density at radius 3 is 2.76 bits per heavy atom. The van der Waals surface area contributed by atoms with Crippen molar-refractivity contribution in [1.29, 1.82) is 0 Å². The minimum atomic E-state index is -3.05. The Kier molecular flexibility index (Phi) is 3.34. The van der Waals surface area contributed by atoms with E-state index in [1.165, 1.54) is 0 Å². The number of aliphatic hydroxyl groups excluding tert-OH is 1. The van der Waals surface area contributed by atoms with Gasteiger partial charge in [-0.3, -0.25) is 0 Å². The summed E-state index contributed by atoms with van der Waals surface area (Å²) in [4.78, 5) is 0. The van der Waals surface area contributed by atoms with E-state index >= 15 is 0 Å². The van der Waals surface area contributed by atoms with Crippen LogP contribution in [0.15, 0.2) is 24.3 Å².